The number of thioether (sulfide) groups is 1. The van der Waals surface area contributed by atoms with Crippen LogP contribution in [0.5, 0.6) is 0 Å². The zero-order valence-corrected chi connectivity index (χ0v) is 12.7. The number of carboxylic acids is 2. The van der Waals surface area contributed by atoms with Gasteiger partial charge in [0.25, 0.3) is 0 Å². The van der Waals surface area contributed by atoms with Crippen molar-refractivity contribution in [1.82, 2.24) is 0 Å². The number of hydrogen-bond acceptors (Lipinski definition) is 6. The lowest BCUT2D eigenvalue weighted by molar-refractivity contribution is -0.138. The quantitative estimate of drug-likeness (QED) is 0.624. The van der Waals surface area contributed by atoms with E-state index in [0.717, 1.165) is 16.7 Å². The zero-order valence-electron chi connectivity index (χ0n) is 11.8. The predicted molar refractivity (Wildman–Crippen MR) is 82.4 cm³/mol. The number of hydrogen-bond donors (Lipinski definition) is 3. The first-order chi connectivity index (χ1) is 10.8. The summed E-state index contributed by atoms with van der Waals surface area (Å²) in [5.74, 6) is -3.13. The molecule has 2 atom stereocenters. The summed E-state index contributed by atoms with van der Waals surface area (Å²) in [6, 6.07) is 4.27. The normalized spacial score (nSPS) is 19.0. The summed E-state index contributed by atoms with van der Waals surface area (Å²) in [5, 5.41) is 16.9. The van der Waals surface area contributed by atoms with E-state index in [-0.39, 0.29) is 23.4 Å². The molecule has 0 aliphatic carbocycles. The Morgan fingerprint density at radius 2 is 1.87 bits per heavy atom. The highest BCUT2D eigenvalue weighted by Gasteiger charge is 2.40. The molecule has 1 aromatic rings. The molecule has 23 heavy (non-hydrogen) atoms. The van der Waals surface area contributed by atoms with E-state index >= 15 is 0 Å². The molecule has 4 N–H and O–H groups in total. The number of anilines is 1. The van der Waals surface area contributed by atoms with Gasteiger partial charge in [0.2, 0.25) is 11.8 Å². The average Bonchev–Trinajstić information content (AvgIpc) is 2.79. The van der Waals surface area contributed by atoms with Gasteiger partial charge < -0.3 is 15.9 Å². The Morgan fingerprint density at radius 3 is 2.39 bits per heavy atom. The van der Waals surface area contributed by atoms with Crippen molar-refractivity contribution in [3.05, 3.63) is 29.8 Å². The number of aliphatic carboxylic acids is 1. The summed E-state index contributed by atoms with van der Waals surface area (Å²) in [4.78, 5) is 46.8. The van der Waals surface area contributed by atoms with Crippen LogP contribution in [0.4, 0.5) is 5.69 Å². The van der Waals surface area contributed by atoms with Gasteiger partial charge in [0.1, 0.15) is 6.04 Å². The van der Waals surface area contributed by atoms with E-state index in [0.29, 0.717) is 0 Å². The van der Waals surface area contributed by atoms with Crippen LogP contribution in [0.25, 0.3) is 0 Å². The smallest absolute Gasteiger partial charge is 0.335 e. The molecule has 0 spiro atoms. The Labute approximate surface area is 135 Å². The van der Waals surface area contributed by atoms with Gasteiger partial charge in [0.05, 0.1) is 16.5 Å². The Bertz CT molecular complexity index is 660. The molecule has 2 unspecified atom stereocenters. The number of amides is 2. The van der Waals surface area contributed by atoms with Gasteiger partial charge in [-0.15, -0.1) is 11.8 Å². The highest BCUT2D eigenvalue weighted by molar-refractivity contribution is 8.00. The molecule has 8 nitrogen and oxygen atoms in total. The van der Waals surface area contributed by atoms with Gasteiger partial charge in [0.15, 0.2) is 0 Å². The van der Waals surface area contributed by atoms with E-state index in [1.54, 1.807) is 0 Å². The van der Waals surface area contributed by atoms with E-state index in [1.807, 2.05) is 0 Å². The highest BCUT2D eigenvalue weighted by atomic mass is 32.2. The number of benzene rings is 1. The minimum absolute atomic E-state index is 0.0187. The van der Waals surface area contributed by atoms with Crippen LogP contribution in [0.3, 0.4) is 0 Å². The number of nitrogens with zero attached hydrogens (tertiary/aromatic N) is 1. The van der Waals surface area contributed by atoms with Crippen LogP contribution in [0.1, 0.15) is 16.8 Å². The van der Waals surface area contributed by atoms with Gasteiger partial charge in [-0.1, -0.05) is 0 Å². The molecule has 1 saturated heterocycles. The minimum atomic E-state index is -1.17. The van der Waals surface area contributed by atoms with Crippen molar-refractivity contribution in [2.45, 2.75) is 17.7 Å². The second-order valence-electron chi connectivity index (χ2n) is 4.89. The van der Waals surface area contributed by atoms with Crippen molar-refractivity contribution < 1.29 is 29.4 Å². The van der Waals surface area contributed by atoms with Crippen molar-refractivity contribution in [2.75, 3.05) is 10.7 Å². The van der Waals surface area contributed by atoms with Gasteiger partial charge in [-0.3, -0.25) is 14.4 Å². The summed E-state index contributed by atoms with van der Waals surface area (Å²) in [6.45, 7) is 0. The summed E-state index contributed by atoms with van der Waals surface area (Å²) in [6.07, 6.45) is -0.0451. The van der Waals surface area contributed by atoms with Crippen LogP contribution in [-0.2, 0) is 14.4 Å². The summed E-state index contributed by atoms with van der Waals surface area (Å²) < 4.78 is 0. The Balaban J connectivity index is 2.09. The monoisotopic (exact) mass is 338 g/mol. The van der Waals surface area contributed by atoms with Crippen molar-refractivity contribution >= 4 is 41.2 Å². The molecule has 122 valence electrons. The molecule has 0 saturated carbocycles. The molecule has 2 rings (SSSR count). The maximum Gasteiger partial charge on any atom is 0.335 e. The van der Waals surface area contributed by atoms with Crippen molar-refractivity contribution in [3.63, 3.8) is 0 Å². The molecule has 1 aliphatic rings. The summed E-state index contributed by atoms with van der Waals surface area (Å²) >= 11 is 1.03. The van der Waals surface area contributed by atoms with Gasteiger partial charge in [-0.25, -0.2) is 9.69 Å². The second kappa shape index (κ2) is 6.80. The molecule has 1 aromatic carbocycles. The molecule has 1 heterocycles. The number of carbonyl (C=O) groups is 4. The molecule has 0 radical (unpaired) electrons. The van der Waals surface area contributed by atoms with Gasteiger partial charge in [-0.05, 0) is 24.3 Å². The molecular formula is C14H14N2O6S. The van der Waals surface area contributed by atoms with Crippen LogP contribution < -0.4 is 10.6 Å². The van der Waals surface area contributed by atoms with Crippen molar-refractivity contribution in [2.24, 2.45) is 5.73 Å². The van der Waals surface area contributed by atoms with Crippen molar-refractivity contribution in [1.29, 1.82) is 0 Å². The second-order valence-corrected chi connectivity index (χ2v) is 6.13. The lowest BCUT2D eigenvalue weighted by Crippen LogP contribution is -2.35. The third-order valence-electron chi connectivity index (χ3n) is 3.27. The molecule has 1 fully saturated rings. The van der Waals surface area contributed by atoms with Crippen LogP contribution in [0, 0.1) is 0 Å². The van der Waals surface area contributed by atoms with E-state index in [2.05, 4.69) is 0 Å². The first kappa shape index (κ1) is 17.0. The van der Waals surface area contributed by atoms with E-state index in [4.69, 9.17) is 15.9 Å². The number of rotatable bonds is 6. The van der Waals surface area contributed by atoms with Crippen LogP contribution >= 0.6 is 11.8 Å². The highest BCUT2D eigenvalue weighted by Crippen LogP contribution is 2.30. The van der Waals surface area contributed by atoms with E-state index < -0.39 is 35.0 Å². The van der Waals surface area contributed by atoms with Crippen molar-refractivity contribution in [3.8, 4) is 0 Å². The molecule has 1 aliphatic heterocycles. The Kier molecular flexibility index (Phi) is 5.02. The van der Waals surface area contributed by atoms with E-state index in [9.17, 15) is 19.2 Å². The lowest BCUT2D eigenvalue weighted by atomic mass is 10.2. The van der Waals surface area contributed by atoms with Gasteiger partial charge >= 0.3 is 11.9 Å². The third-order valence-corrected chi connectivity index (χ3v) is 4.59. The number of carboxylic acid groups (broad SMARTS) is 2. The fourth-order valence-corrected chi connectivity index (χ4v) is 3.14. The lowest BCUT2D eigenvalue weighted by Gasteiger charge is -2.15. The topological polar surface area (TPSA) is 138 Å². The Hall–Kier alpha value is -2.39. The first-order valence-corrected chi connectivity index (χ1v) is 7.66. The van der Waals surface area contributed by atoms with Crippen LogP contribution in [0.15, 0.2) is 24.3 Å². The average molecular weight is 338 g/mol. The molecule has 2 amide bonds. The SMILES string of the molecule is NC(CSC1CC(=O)N(c2ccc(C(=O)O)cc2)C1=O)C(=O)O. The fraction of sp³-hybridized carbons (Fsp3) is 0.286. The number of imide groups is 1. The summed E-state index contributed by atoms with van der Waals surface area (Å²) in [7, 11) is 0. The zero-order chi connectivity index (χ0) is 17.1. The van der Waals surface area contributed by atoms with Gasteiger partial charge in [-0.2, -0.15) is 0 Å². The maximum atomic E-state index is 12.3. The minimum Gasteiger partial charge on any atom is -0.480 e. The van der Waals surface area contributed by atoms with Gasteiger partial charge in [0, 0.05) is 12.2 Å². The third kappa shape index (κ3) is 3.69. The molecule has 9 heteroatoms. The number of nitrogens with two attached hydrogens (primary N) is 1. The Morgan fingerprint density at radius 1 is 1.26 bits per heavy atom. The number of aromatic carboxylic acids is 1. The molecule has 0 bridgehead atoms. The first-order valence-electron chi connectivity index (χ1n) is 6.61. The van der Waals surface area contributed by atoms with E-state index in [1.165, 1.54) is 24.3 Å². The predicted octanol–water partition coefficient (Wildman–Crippen LogP) is 0.162. The fourth-order valence-electron chi connectivity index (χ4n) is 2.05. The molecule has 0 aromatic heterocycles. The molecular weight excluding hydrogens is 324 g/mol. The standard InChI is InChI=1S/C14H14N2O6S/c15-9(14(21)22)6-23-10-5-11(17)16(12(10)18)8-3-1-7(2-4-8)13(19)20/h1-4,9-10H,5-6,15H2,(H,19,20)(H,21,22). The largest absolute Gasteiger partial charge is 0.480 e. The maximum absolute atomic E-state index is 12.3. The van der Waals surface area contributed by atoms with Crippen LogP contribution in [0.2, 0.25) is 0 Å². The van der Waals surface area contributed by atoms with Crippen LogP contribution in [-0.4, -0.2) is 51.0 Å². The number of carbonyl (C=O) groups excluding carboxylic acids is 2. The summed E-state index contributed by atoms with van der Waals surface area (Å²) in [5.41, 5.74) is 5.71.